The van der Waals surface area contributed by atoms with Crippen LogP contribution in [0.4, 0.5) is 5.69 Å². The Bertz CT molecular complexity index is 1230. The maximum atomic E-state index is 4.65. The second-order valence-corrected chi connectivity index (χ2v) is 9.10. The molecule has 4 aromatic rings. The van der Waals surface area contributed by atoms with Crippen LogP contribution in [0.3, 0.4) is 0 Å². The molecule has 1 aliphatic rings. The molecule has 0 radical (unpaired) electrons. The van der Waals surface area contributed by atoms with Gasteiger partial charge in [-0.3, -0.25) is 0 Å². The zero-order chi connectivity index (χ0) is 22.6. The van der Waals surface area contributed by atoms with Crippen molar-refractivity contribution in [2.45, 2.75) is 44.9 Å². The highest BCUT2D eigenvalue weighted by molar-refractivity contribution is 5.78. The molecule has 5 rings (SSSR count). The van der Waals surface area contributed by atoms with Crippen molar-refractivity contribution in [3.05, 3.63) is 102 Å². The van der Waals surface area contributed by atoms with E-state index in [4.69, 9.17) is 0 Å². The van der Waals surface area contributed by atoms with E-state index in [0.29, 0.717) is 0 Å². The Morgan fingerprint density at radius 1 is 0.939 bits per heavy atom. The molecule has 2 N–H and O–H groups in total. The van der Waals surface area contributed by atoms with Gasteiger partial charge in [0, 0.05) is 16.9 Å². The largest absolute Gasteiger partial charge is 0.356 e. The van der Waals surface area contributed by atoms with Crippen LogP contribution in [0.2, 0.25) is 0 Å². The molecule has 0 amide bonds. The fraction of sp³-hybridized carbons (Fsp3) is 0.233. The van der Waals surface area contributed by atoms with E-state index in [-0.39, 0.29) is 0 Å². The third kappa shape index (κ3) is 4.78. The molecular formula is C30H31N3. The summed E-state index contributed by atoms with van der Waals surface area (Å²) in [5, 5.41) is 3.50. The molecule has 1 saturated carbocycles. The number of nitrogens with zero attached hydrogens (tertiary/aromatic N) is 1. The highest BCUT2D eigenvalue weighted by atomic mass is 14.9. The summed E-state index contributed by atoms with van der Waals surface area (Å²) < 4.78 is 0. The Kier molecular flexibility index (Phi) is 6.12. The van der Waals surface area contributed by atoms with Gasteiger partial charge in [-0.25, -0.2) is 4.98 Å². The minimum atomic E-state index is 0.725. The monoisotopic (exact) mass is 433 g/mol. The highest BCUT2D eigenvalue weighted by Crippen LogP contribution is 2.33. The zero-order valence-electron chi connectivity index (χ0n) is 19.3. The van der Waals surface area contributed by atoms with Crippen molar-refractivity contribution >= 4 is 11.4 Å². The Morgan fingerprint density at radius 2 is 1.70 bits per heavy atom. The molecule has 33 heavy (non-hydrogen) atoms. The first-order valence-electron chi connectivity index (χ1n) is 11.9. The third-order valence-electron chi connectivity index (χ3n) is 6.78. The minimum Gasteiger partial charge on any atom is -0.356 e. The van der Waals surface area contributed by atoms with Crippen LogP contribution in [-0.2, 0) is 0 Å². The van der Waals surface area contributed by atoms with Crippen molar-refractivity contribution in [2.24, 2.45) is 0 Å². The predicted molar refractivity (Wildman–Crippen MR) is 139 cm³/mol. The van der Waals surface area contributed by atoms with E-state index in [0.717, 1.165) is 45.5 Å². The molecule has 3 nitrogen and oxygen atoms in total. The SMILES string of the molecule is C=C(Nc1ccc(C)c(-c2ncc(-c3ccccc3)[nH]2)c1)c1ccc(C2CCCCC2)cc1. The van der Waals surface area contributed by atoms with Crippen LogP contribution in [0.25, 0.3) is 28.3 Å². The van der Waals surface area contributed by atoms with E-state index in [1.807, 2.05) is 24.4 Å². The van der Waals surface area contributed by atoms with Crippen molar-refractivity contribution in [1.82, 2.24) is 9.97 Å². The molecule has 0 saturated heterocycles. The molecule has 0 aliphatic heterocycles. The van der Waals surface area contributed by atoms with E-state index < -0.39 is 0 Å². The van der Waals surface area contributed by atoms with E-state index in [2.05, 4.69) is 83.4 Å². The van der Waals surface area contributed by atoms with Gasteiger partial charge in [0.2, 0.25) is 0 Å². The number of anilines is 1. The number of hydrogen-bond acceptors (Lipinski definition) is 2. The first kappa shape index (κ1) is 21.3. The van der Waals surface area contributed by atoms with E-state index in [9.17, 15) is 0 Å². The lowest BCUT2D eigenvalue weighted by atomic mass is 9.84. The van der Waals surface area contributed by atoms with Crippen molar-refractivity contribution < 1.29 is 0 Å². The van der Waals surface area contributed by atoms with Gasteiger partial charge in [-0.05, 0) is 60.1 Å². The molecule has 1 aromatic heterocycles. The number of aromatic amines is 1. The summed E-state index contributed by atoms with van der Waals surface area (Å²) in [6.45, 7) is 6.41. The molecule has 0 atom stereocenters. The quantitative estimate of drug-likeness (QED) is 0.322. The number of benzene rings is 3. The molecule has 3 heteroatoms. The topological polar surface area (TPSA) is 40.7 Å². The van der Waals surface area contributed by atoms with Crippen LogP contribution in [0, 0.1) is 6.92 Å². The molecule has 3 aromatic carbocycles. The van der Waals surface area contributed by atoms with Crippen molar-refractivity contribution in [1.29, 1.82) is 0 Å². The first-order valence-corrected chi connectivity index (χ1v) is 11.9. The van der Waals surface area contributed by atoms with Crippen molar-refractivity contribution in [2.75, 3.05) is 5.32 Å². The standard InChI is InChI=1S/C30H31N3/c1-21-13-18-27(19-28(21)30-31-20-29(33-30)26-11-7-4-8-12-26)32-22(2)23-14-16-25(17-15-23)24-9-5-3-6-10-24/h4,7-8,11-20,24,32H,2-3,5-6,9-10H2,1H3,(H,31,33). The van der Waals surface area contributed by atoms with Gasteiger partial charge < -0.3 is 10.3 Å². The van der Waals surface area contributed by atoms with Crippen molar-refractivity contribution in [3.63, 3.8) is 0 Å². The third-order valence-corrected chi connectivity index (χ3v) is 6.78. The normalized spacial score (nSPS) is 14.2. The van der Waals surface area contributed by atoms with Crippen LogP contribution >= 0.6 is 0 Å². The second kappa shape index (κ2) is 9.50. The molecule has 0 unspecified atom stereocenters. The van der Waals surface area contributed by atoms with Crippen LogP contribution in [0.5, 0.6) is 0 Å². The van der Waals surface area contributed by atoms with E-state index in [1.54, 1.807) is 0 Å². The summed E-state index contributed by atoms with van der Waals surface area (Å²) in [5.41, 5.74) is 8.93. The number of aryl methyl sites for hydroxylation is 1. The zero-order valence-corrected chi connectivity index (χ0v) is 19.3. The summed E-state index contributed by atoms with van der Waals surface area (Å²) in [6, 6.07) is 25.6. The van der Waals surface area contributed by atoms with Gasteiger partial charge in [0.05, 0.1) is 11.9 Å². The van der Waals surface area contributed by atoms with Crippen molar-refractivity contribution in [3.8, 4) is 22.6 Å². The number of nitrogens with one attached hydrogen (secondary N) is 2. The van der Waals surface area contributed by atoms with Crippen LogP contribution < -0.4 is 5.32 Å². The summed E-state index contributed by atoms with van der Waals surface area (Å²) in [5.74, 6) is 1.60. The Balaban J connectivity index is 1.32. The fourth-order valence-electron chi connectivity index (χ4n) is 4.82. The van der Waals surface area contributed by atoms with Crippen LogP contribution in [0.1, 0.15) is 54.7 Å². The summed E-state index contributed by atoms with van der Waals surface area (Å²) in [6.07, 6.45) is 8.65. The molecule has 1 aliphatic carbocycles. The highest BCUT2D eigenvalue weighted by Gasteiger charge is 2.15. The number of aromatic nitrogens is 2. The first-order chi connectivity index (χ1) is 16.2. The fourth-order valence-corrected chi connectivity index (χ4v) is 4.82. The predicted octanol–water partition coefficient (Wildman–Crippen LogP) is 8.18. The Labute approximate surface area is 196 Å². The maximum Gasteiger partial charge on any atom is 0.138 e. The molecule has 1 fully saturated rings. The van der Waals surface area contributed by atoms with Gasteiger partial charge in [0.1, 0.15) is 5.82 Å². The lowest BCUT2D eigenvalue weighted by Gasteiger charge is -2.22. The van der Waals surface area contributed by atoms with Crippen LogP contribution in [0.15, 0.2) is 85.6 Å². The number of rotatable bonds is 6. The molecule has 1 heterocycles. The van der Waals surface area contributed by atoms with Gasteiger partial charge in [0.25, 0.3) is 0 Å². The van der Waals surface area contributed by atoms with Crippen LogP contribution in [-0.4, -0.2) is 9.97 Å². The number of imidazole rings is 1. The summed E-state index contributed by atoms with van der Waals surface area (Å²) >= 11 is 0. The smallest absolute Gasteiger partial charge is 0.138 e. The number of H-pyrrole nitrogens is 1. The van der Waals surface area contributed by atoms with Gasteiger partial charge in [-0.2, -0.15) is 0 Å². The second-order valence-electron chi connectivity index (χ2n) is 9.10. The molecule has 0 bridgehead atoms. The van der Waals surface area contributed by atoms with E-state index in [1.165, 1.54) is 43.2 Å². The molecule has 166 valence electrons. The van der Waals surface area contributed by atoms with Gasteiger partial charge in [-0.15, -0.1) is 0 Å². The summed E-state index contributed by atoms with van der Waals surface area (Å²) in [7, 11) is 0. The van der Waals surface area contributed by atoms with Gasteiger partial charge in [-0.1, -0.05) is 86.5 Å². The molecule has 0 spiro atoms. The lowest BCUT2D eigenvalue weighted by Crippen LogP contribution is -2.05. The van der Waals surface area contributed by atoms with Gasteiger partial charge >= 0.3 is 0 Å². The Morgan fingerprint density at radius 3 is 2.45 bits per heavy atom. The molecular weight excluding hydrogens is 402 g/mol. The Hall–Kier alpha value is -3.59. The average Bonchev–Trinajstić information content (AvgIpc) is 3.36. The van der Waals surface area contributed by atoms with Gasteiger partial charge in [0.15, 0.2) is 0 Å². The lowest BCUT2D eigenvalue weighted by molar-refractivity contribution is 0.443. The minimum absolute atomic E-state index is 0.725. The summed E-state index contributed by atoms with van der Waals surface area (Å²) in [4.78, 5) is 8.13. The number of hydrogen-bond donors (Lipinski definition) is 2. The average molecular weight is 434 g/mol. The maximum absolute atomic E-state index is 4.65. The van der Waals surface area contributed by atoms with E-state index >= 15 is 0 Å².